The second-order valence-electron chi connectivity index (χ2n) is 19.1. The van der Waals surface area contributed by atoms with Gasteiger partial charge in [0.2, 0.25) is 5.91 Å². The summed E-state index contributed by atoms with van der Waals surface area (Å²) in [6.45, 7) is 9.90. The van der Waals surface area contributed by atoms with Crippen molar-refractivity contribution in [3.8, 4) is 0 Å². The van der Waals surface area contributed by atoms with Crippen molar-refractivity contribution in [2.45, 2.75) is 245 Å². The summed E-state index contributed by atoms with van der Waals surface area (Å²) in [6, 6.07) is 5.76. The molecule has 10 nitrogen and oxygen atoms in total. The summed E-state index contributed by atoms with van der Waals surface area (Å²) in [5.41, 5.74) is 0.237. The quantitative estimate of drug-likeness (QED) is 0.0370. The maximum atomic E-state index is 13.0. The molecular weight excluding hydrogens is 869 g/mol. The van der Waals surface area contributed by atoms with Gasteiger partial charge in [-0.1, -0.05) is 168 Å². The lowest BCUT2D eigenvalue weighted by molar-refractivity contribution is -0.157. The number of nitrogens with one attached hydrogen (secondary N) is 2. The standard InChI is InChI=1S/C54H94N2O8S2/c1-7-9-11-13-15-17-19-21-23-25-27-29-31-33-50(58)62-43-47(63-51(59)34-32-30-28-26-24-22-20-18-16-14-12-10-8-2)44-66-42-40-49(57)55-46-37-35-45(36-38-46)52(60)56-48(39-41-65-6)53(61)64-54(3,4)5/h35-38,47-48H,7-34,39-44H2,1-6H3,(H,55,57)(H,56,60). The number of rotatable bonds is 43. The molecule has 0 heterocycles. The Morgan fingerprint density at radius 3 is 1.50 bits per heavy atom. The van der Waals surface area contributed by atoms with Crippen LogP contribution in [0.5, 0.6) is 0 Å². The summed E-state index contributed by atoms with van der Waals surface area (Å²) in [7, 11) is 0. The summed E-state index contributed by atoms with van der Waals surface area (Å²) >= 11 is 3.07. The third-order valence-electron chi connectivity index (χ3n) is 11.5. The van der Waals surface area contributed by atoms with Crippen molar-refractivity contribution in [2.24, 2.45) is 0 Å². The number of esters is 3. The number of thioether (sulfide) groups is 2. The number of carbonyl (C=O) groups excluding carboxylic acids is 5. The molecule has 2 amide bonds. The lowest BCUT2D eigenvalue weighted by Crippen LogP contribution is -2.44. The van der Waals surface area contributed by atoms with Gasteiger partial charge in [0.05, 0.1) is 0 Å². The zero-order valence-corrected chi connectivity index (χ0v) is 44.2. The number of amides is 2. The smallest absolute Gasteiger partial charge is 0.329 e. The van der Waals surface area contributed by atoms with Crippen LogP contribution in [0.3, 0.4) is 0 Å². The summed E-state index contributed by atoms with van der Waals surface area (Å²) < 4.78 is 17.0. The van der Waals surface area contributed by atoms with E-state index in [4.69, 9.17) is 14.2 Å². The Bertz CT molecular complexity index is 1400. The van der Waals surface area contributed by atoms with Crippen LogP contribution in [0, 0.1) is 0 Å². The molecule has 2 atom stereocenters. The highest BCUT2D eigenvalue weighted by atomic mass is 32.2. The largest absolute Gasteiger partial charge is 0.462 e. The van der Waals surface area contributed by atoms with Crippen molar-refractivity contribution in [1.29, 1.82) is 0 Å². The lowest BCUT2D eigenvalue weighted by atomic mass is 10.0. The molecule has 0 saturated heterocycles. The number of anilines is 1. The number of unbranched alkanes of at least 4 members (excludes halogenated alkanes) is 24. The third kappa shape index (κ3) is 36.3. The number of ether oxygens (including phenoxy) is 3. The monoisotopic (exact) mass is 963 g/mol. The Morgan fingerprint density at radius 2 is 1.05 bits per heavy atom. The summed E-state index contributed by atoms with van der Waals surface area (Å²) in [5.74, 6) is -0.0156. The first-order chi connectivity index (χ1) is 31.9. The van der Waals surface area contributed by atoms with Crippen molar-refractivity contribution < 1.29 is 38.2 Å². The summed E-state index contributed by atoms with van der Waals surface area (Å²) in [6.07, 6.45) is 34.9. The van der Waals surface area contributed by atoms with Crippen LogP contribution >= 0.6 is 23.5 Å². The SMILES string of the molecule is CCCCCCCCCCCCCCCC(=O)OCC(CSCCC(=O)Nc1ccc(C(=O)NC(CCSC)C(=O)OC(C)(C)C)cc1)OC(=O)CCCCCCCCCCCCCCC. The van der Waals surface area contributed by atoms with E-state index >= 15 is 0 Å². The molecule has 2 unspecified atom stereocenters. The maximum absolute atomic E-state index is 13.0. The maximum Gasteiger partial charge on any atom is 0.329 e. The molecule has 0 aliphatic carbocycles. The molecule has 1 aromatic rings. The number of hydrogen-bond acceptors (Lipinski definition) is 10. The van der Waals surface area contributed by atoms with Crippen molar-refractivity contribution in [3.05, 3.63) is 29.8 Å². The summed E-state index contributed by atoms with van der Waals surface area (Å²) in [5, 5.41) is 5.68. The first-order valence-electron chi connectivity index (χ1n) is 26.2. The molecule has 380 valence electrons. The first-order valence-corrected chi connectivity index (χ1v) is 28.8. The topological polar surface area (TPSA) is 137 Å². The van der Waals surface area contributed by atoms with E-state index in [-0.39, 0.29) is 30.9 Å². The van der Waals surface area contributed by atoms with E-state index in [2.05, 4.69) is 24.5 Å². The molecule has 0 spiro atoms. The van der Waals surface area contributed by atoms with Gasteiger partial charge in [0.25, 0.3) is 5.91 Å². The van der Waals surface area contributed by atoms with E-state index in [0.29, 0.717) is 47.8 Å². The second kappa shape index (κ2) is 41.3. The minimum Gasteiger partial charge on any atom is -0.462 e. The number of benzene rings is 1. The van der Waals surface area contributed by atoms with Gasteiger partial charge < -0.3 is 24.8 Å². The first kappa shape index (κ1) is 61.3. The molecule has 0 saturated carbocycles. The molecule has 12 heteroatoms. The molecule has 0 fully saturated rings. The van der Waals surface area contributed by atoms with Crippen molar-refractivity contribution in [2.75, 3.05) is 35.4 Å². The molecule has 0 aliphatic rings. The van der Waals surface area contributed by atoms with Gasteiger partial charge in [-0.3, -0.25) is 19.2 Å². The average molecular weight is 963 g/mol. The van der Waals surface area contributed by atoms with Crippen LogP contribution in [0.1, 0.15) is 238 Å². The normalized spacial score (nSPS) is 12.3. The highest BCUT2D eigenvalue weighted by Crippen LogP contribution is 2.18. The van der Waals surface area contributed by atoms with Crippen LogP contribution in [0.25, 0.3) is 0 Å². The minimum absolute atomic E-state index is 0.0107. The van der Waals surface area contributed by atoms with Gasteiger partial charge in [-0.2, -0.15) is 23.5 Å². The molecule has 1 rings (SSSR count). The Labute approximate surface area is 410 Å². The van der Waals surface area contributed by atoms with Gasteiger partial charge in [0, 0.05) is 42.0 Å². The van der Waals surface area contributed by atoms with Gasteiger partial charge in [-0.15, -0.1) is 0 Å². The van der Waals surface area contributed by atoms with Gasteiger partial charge in [-0.05, 0) is 76.3 Å². The molecule has 0 aromatic heterocycles. The molecular formula is C54H94N2O8S2. The zero-order valence-electron chi connectivity index (χ0n) is 42.6. The van der Waals surface area contributed by atoms with Crippen molar-refractivity contribution >= 4 is 58.9 Å². The average Bonchev–Trinajstić information content (AvgIpc) is 3.28. The highest BCUT2D eigenvalue weighted by molar-refractivity contribution is 7.99. The number of hydrogen-bond donors (Lipinski definition) is 2. The van der Waals surface area contributed by atoms with Gasteiger partial charge in [-0.25, -0.2) is 4.79 Å². The fraction of sp³-hybridized carbons (Fsp3) is 0.796. The van der Waals surface area contributed by atoms with E-state index in [1.165, 1.54) is 140 Å². The van der Waals surface area contributed by atoms with Crippen LogP contribution < -0.4 is 10.6 Å². The van der Waals surface area contributed by atoms with Crippen LogP contribution in [0.15, 0.2) is 24.3 Å². The Kier molecular flexibility index (Phi) is 38.3. The van der Waals surface area contributed by atoms with E-state index in [1.54, 1.807) is 56.8 Å². The van der Waals surface area contributed by atoms with Gasteiger partial charge >= 0.3 is 17.9 Å². The predicted octanol–water partition coefficient (Wildman–Crippen LogP) is 14.4. The minimum atomic E-state index is -0.769. The summed E-state index contributed by atoms with van der Waals surface area (Å²) in [4.78, 5) is 64.2. The molecule has 0 aliphatic heterocycles. The van der Waals surface area contributed by atoms with Crippen LogP contribution in [-0.2, 0) is 33.4 Å². The van der Waals surface area contributed by atoms with E-state index in [1.807, 2.05) is 6.26 Å². The van der Waals surface area contributed by atoms with Crippen LogP contribution in [0.4, 0.5) is 5.69 Å². The van der Waals surface area contributed by atoms with E-state index in [0.717, 1.165) is 38.5 Å². The van der Waals surface area contributed by atoms with E-state index in [9.17, 15) is 24.0 Å². The fourth-order valence-corrected chi connectivity index (χ4v) is 9.00. The Balaban J connectivity index is 2.54. The molecule has 1 aromatic carbocycles. The highest BCUT2D eigenvalue weighted by Gasteiger charge is 2.27. The zero-order chi connectivity index (χ0) is 48.5. The lowest BCUT2D eigenvalue weighted by Gasteiger charge is -2.24. The van der Waals surface area contributed by atoms with Crippen molar-refractivity contribution in [3.63, 3.8) is 0 Å². The Morgan fingerprint density at radius 1 is 0.591 bits per heavy atom. The molecule has 0 bridgehead atoms. The molecule has 2 N–H and O–H groups in total. The van der Waals surface area contributed by atoms with Crippen LogP contribution in [-0.4, -0.2) is 77.6 Å². The Hall–Kier alpha value is -2.73. The van der Waals surface area contributed by atoms with Gasteiger partial charge in [0.15, 0.2) is 0 Å². The second-order valence-corrected chi connectivity index (χ2v) is 21.2. The predicted molar refractivity (Wildman–Crippen MR) is 279 cm³/mol. The van der Waals surface area contributed by atoms with E-state index < -0.39 is 29.6 Å². The van der Waals surface area contributed by atoms with Crippen molar-refractivity contribution in [1.82, 2.24) is 5.32 Å². The molecule has 66 heavy (non-hydrogen) atoms. The number of carbonyl (C=O) groups is 5. The van der Waals surface area contributed by atoms with Crippen LogP contribution in [0.2, 0.25) is 0 Å². The van der Waals surface area contributed by atoms with Gasteiger partial charge in [0.1, 0.15) is 24.4 Å². The third-order valence-corrected chi connectivity index (χ3v) is 13.3. The molecule has 0 radical (unpaired) electrons. The fourth-order valence-electron chi connectivity index (χ4n) is 7.60.